The summed E-state index contributed by atoms with van der Waals surface area (Å²) in [7, 11) is 0. The second-order valence-corrected chi connectivity index (χ2v) is 8.50. The average molecular weight is 519 g/mol. The number of alkyl halides is 3. The summed E-state index contributed by atoms with van der Waals surface area (Å²) in [4.78, 5) is 25.5. The van der Waals surface area contributed by atoms with Crippen molar-refractivity contribution in [2.45, 2.75) is 13.1 Å². The molecular formula is C28H20F3N3O4. The lowest BCUT2D eigenvalue weighted by Crippen LogP contribution is -2.20. The third-order valence-electron chi connectivity index (χ3n) is 5.72. The molecule has 192 valence electrons. The largest absolute Gasteiger partial charge is 0.484 e. The number of aromatic nitrogens is 2. The summed E-state index contributed by atoms with van der Waals surface area (Å²) < 4.78 is 54.1. The molecule has 0 atom stereocenters. The number of anilines is 1. The number of halogens is 3. The fourth-order valence-corrected chi connectivity index (χ4v) is 3.88. The molecule has 0 aliphatic heterocycles. The van der Waals surface area contributed by atoms with Crippen LogP contribution in [0.2, 0.25) is 0 Å². The summed E-state index contributed by atoms with van der Waals surface area (Å²) in [6.07, 6.45) is -2.43. The van der Waals surface area contributed by atoms with Gasteiger partial charge in [-0.25, -0.2) is 4.68 Å². The van der Waals surface area contributed by atoms with E-state index >= 15 is 0 Å². The summed E-state index contributed by atoms with van der Waals surface area (Å²) in [5.74, 6) is -1.84. The first-order valence-corrected chi connectivity index (χ1v) is 11.5. The number of para-hydroxylation sites is 1. The van der Waals surface area contributed by atoms with Crippen molar-refractivity contribution in [1.29, 1.82) is 0 Å². The maximum absolute atomic E-state index is 14.0. The van der Waals surface area contributed by atoms with Gasteiger partial charge in [-0.3, -0.25) is 9.59 Å². The molecule has 0 fully saturated rings. The fourth-order valence-electron chi connectivity index (χ4n) is 3.88. The molecule has 0 saturated heterocycles. The van der Waals surface area contributed by atoms with Crippen LogP contribution in [0.15, 0.2) is 94.4 Å². The summed E-state index contributed by atoms with van der Waals surface area (Å²) in [5, 5.41) is 6.69. The van der Waals surface area contributed by atoms with Gasteiger partial charge in [-0.15, -0.1) is 0 Å². The molecule has 0 saturated carbocycles. The maximum atomic E-state index is 14.0. The van der Waals surface area contributed by atoms with E-state index in [9.17, 15) is 22.8 Å². The topological polar surface area (TPSA) is 86.4 Å². The highest BCUT2D eigenvalue weighted by atomic mass is 19.4. The summed E-state index contributed by atoms with van der Waals surface area (Å²) >= 11 is 0. The molecule has 5 aromatic rings. The van der Waals surface area contributed by atoms with E-state index in [4.69, 9.17) is 9.15 Å². The number of fused-ring (bicyclic) bond motifs is 1. The second-order valence-electron chi connectivity index (χ2n) is 8.50. The zero-order chi connectivity index (χ0) is 26.9. The zero-order valence-corrected chi connectivity index (χ0v) is 20.0. The van der Waals surface area contributed by atoms with Crippen LogP contribution >= 0.6 is 0 Å². The highest BCUT2D eigenvalue weighted by Gasteiger charge is 2.39. The molecule has 38 heavy (non-hydrogen) atoms. The normalized spacial score (nSPS) is 11.5. The van der Waals surface area contributed by atoms with Crippen LogP contribution in [0.4, 0.5) is 18.9 Å². The minimum Gasteiger partial charge on any atom is -0.484 e. The Morgan fingerprint density at radius 3 is 2.50 bits per heavy atom. The SMILES string of the molecule is Cc1ccc(NC(=O)COc2ccc3c(=O)c(-c4cnn(-c5ccccc5)c4)c(C(F)(F)F)oc3c2)cc1. The summed E-state index contributed by atoms with van der Waals surface area (Å²) in [5.41, 5.74) is 0.358. The number of benzene rings is 3. The lowest BCUT2D eigenvalue weighted by atomic mass is 10.0. The van der Waals surface area contributed by atoms with E-state index in [0.29, 0.717) is 11.4 Å². The quantitative estimate of drug-likeness (QED) is 0.298. The Kier molecular flexibility index (Phi) is 6.46. The third-order valence-corrected chi connectivity index (χ3v) is 5.72. The van der Waals surface area contributed by atoms with Crippen molar-refractivity contribution >= 4 is 22.6 Å². The van der Waals surface area contributed by atoms with Gasteiger partial charge in [-0.2, -0.15) is 18.3 Å². The predicted octanol–water partition coefficient (Wildman–Crippen LogP) is 5.99. The Labute approximate surface area is 214 Å². The number of nitrogens with one attached hydrogen (secondary N) is 1. The van der Waals surface area contributed by atoms with Crippen molar-refractivity contribution in [2.75, 3.05) is 11.9 Å². The molecule has 0 aliphatic carbocycles. The van der Waals surface area contributed by atoms with E-state index in [1.54, 1.807) is 42.5 Å². The number of carbonyl (C=O) groups is 1. The summed E-state index contributed by atoms with van der Waals surface area (Å²) in [6.45, 7) is 1.52. The number of nitrogens with zero attached hydrogens (tertiary/aromatic N) is 2. The minimum absolute atomic E-state index is 0.0371. The number of ether oxygens (including phenoxy) is 1. The molecule has 2 heterocycles. The van der Waals surface area contributed by atoms with E-state index in [1.165, 1.54) is 29.2 Å². The van der Waals surface area contributed by atoms with Gasteiger partial charge in [-0.05, 0) is 43.3 Å². The number of hydrogen-bond donors (Lipinski definition) is 1. The molecule has 3 aromatic carbocycles. The van der Waals surface area contributed by atoms with Crippen LogP contribution in [-0.2, 0) is 11.0 Å². The van der Waals surface area contributed by atoms with Gasteiger partial charge < -0.3 is 14.5 Å². The number of carbonyl (C=O) groups excluding carboxylic acids is 1. The average Bonchev–Trinajstić information content (AvgIpc) is 3.38. The van der Waals surface area contributed by atoms with E-state index in [0.717, 1.165) is 11.6 Å². The van der Waals surface area contributed by atoms with Gasteiger partial charge in [0.2, 0.25) is 11.2 Å². The van der Waals surface area contributed by atoms with Crippen LogP contribution in [-0.4, -0.2) is 22.3 Å². The molecular weight excluding hydrogens is 499 g/mol. The second kappa shape index (κ2) is 9.89. The smallest absolute Gasteiger partial charge is 0.450 e. The molecule has 0 unspecified atom stereocenters. The highest BCUT2D eigenvalue weighted by molar-refractivity contribution is 5.92. The Balaban J connectivity index is 1.45. The van der Waals surface area contributed by atoms with Gasteiger partial charge >= 0.3 is 6.18 Å². The minimum atomic E-state index is -4.96. The van der Waals surface area contributed by atoms with Crippen LogP contribution in [0.5, 0.6) is 5.75 Å². The van der Waals surface area contributed by atoms with Crippen LogP contribution in [0.1, 0.15) is 11.3 Å². The first kappa shape index (κ1) is 24.8. The number of hydrogen-bond acceptors (Lipinski definition) is 5. The zero-order valence-electron chi connectivity index (χ0n) is 20.0. The Bertz CT molecular complexity index is 1670. The van der Waals surface area contributed by atoms with Crippen molar-refractivity contribution in [3.63, 3.8) is 0 Å². The van der Waals surface area contributed by atoms with E-state index in [-0.39, 0.29) is 22.3 Å². The molecule has 1 N–H and O–H groups in total. The first-order chi connectivity index (χ1) is 18.2. The lowest BCUT2D eigenvalue weighted by molar-refractivity contribution is -0.152. The number of amides is 1. The van der Waals surface area contributed by atoms with Crippen LogP contribution in [0.25, 0.3) is 27.8 Å². The molecule has 2 aromatic heterocycles. The Morgan fingerprint density at radius 1 is 1.05 bits per heavy atom. The van der Waals surface area contributed by atoms with Crippen molar-refractivity contribution < 1.29 is 27.1 Å². The van der Waals surface area contributed by atoms with Crippen molar-refractivity contribution in [3.8, 4) is 22.6 Å². The van der Waals surface area contributed by atoms with Crippen molar-refractivity contribution in [1.82, 2.24) is 9.78 Å². The van der Waals surface area contributed by atoms with E-state index in [2.05, 4.69) is 10.4 Å². The Hall–Kier alpha value is -4.86. The molecule has 0 aliphatic rings. The first-order valence-electron chi connectivity index (χ1n) is 11.5. The predicted molar refractivity (Wildman–Crippen MR) is 135 cm³/mol. The van der Waals surface area contributed by atoms with Gasteiger partial charge in [0.1, 0.15) is 11.3 Å². The lowest BCUT2D eigenvalue weighted by Gasteiger charge is -2.12. The van der Waals surface area contributed by atoms with Crippen molar-refractivity contribution in [2.24, 2.45) is 0 Å². The van der Waals surface area contributed by atoms with Gasteiger partial charge in [-0.1, -0.05) is 35.9 Å². The van der Waals surface area contributed by atoms with E-state index < -0.39 is 35.4 Å². The number of rotatable bonds is 6. The van der Waals surface area contributed by atoms with Crippen LogP contribution in [0.3, 0.4) is 0 Å². The standard InChI is InChI=1S/C28H20F3N3O4/c1-17-7-9-19(10-8-17)33-24(35)16-37-21-11-12-22-23(13-21)38-27(28(29,30)31)25(26(22)36)18-14-32-34(15-18)20-5-3-2-4-6-20/h2-15H,16H2,1H3,(H,33,35). The Morgan fingerprint density at radius 2 is 1.79 bits per heavy atom. The summed E-state index contributed by atoms with van der Waals surface area (Å²) in [6, 6.07) is 19.8. The van der Waals surface area contributed by atoms with Gasteiger partial charge in [0, 0.05) is 23.5 Å². The van der Waals surface area contributed by atoms with E-state index in [1.807, 2.05) is 19.1 Å². The monoisotopic (exact) mass is 519 g/mol. The molecule has 1 amide bonds. The third kappa shape index (κ3) is 5.15. The maximum Gasteiger partial charge on any atom is 0.450 e. The molecule has 0 spiro atoms. The molecule has 7 nitrogen and oxygen atoms in total. The van der Waals surface area contributed by atoms with Crippen LogP contribution in [0, 0.1) is 6.92 Å². The molecule has 10 heteroatoms. The van der Waals surface area contributed by atoms with Gasteiger partial charge in [0.25, 0.3) is 5.91 Å². The highest BCUT2D eigenvalue weighted by Crippen LogP contribution is 2.38. The van der Waals surface area contributed by atoms with Crippen LogP contribution < -0.4 is 15.5 Å². The van der Waals surface area contributed by atoms with Gasteiger partial charge in [0.15, 0.2) is 6.61 Å². The fraction of sp³-hybridized carbons (Fsp3) is 0.107. The van der Waals surface area contributed by atoms with Gasteiger partial charge in [0.05, 0.1) is 22.8 Å². The van der Waals surface area contributed by atoms with Crippen molar-refractivity contribution in [3.05, 3.63) is 107 Å². The molecule has 0 radical (unpaired) electrons. The molecule has 5 rings (SSSR count). The number of aryl methyl sites for hydroxylation is 1. The molecule has 0 bridgehead atoms.